The van der Waals surface area contributed by atoms with Crippen molar-refractivity contribution in [2.75, 3.05) is 6.54 Å². The van der Waals surface area contributed by atoms with Gasteiger partial charge >= 0.3 is 12.1 Å². The summed E-state index contributed by atoms with van der Waals surface area (Å²) in [6.45, 7) is 8.50. The summed E-state index contributed by atoms with van der Waals surface area (Å²) < 4.78 is 5.65. The number of ketones is 1. The first-order valence-corrected chi connectivity index (χ1v) is 13.5. The van der Waals surface area contributed by atoms with Gasteiger partial charge in [0.15, 0.2) is 6.23 Å². The molecule has 1 heterocycles. The molecule has 1 saturated heterocycles. The second-order valence-electron chi connectivity index (χ2n) is 10.8. The Bertz CT molecular complexity index is 1120. The molecule has 210 valence electrons. The van der Waals surface area contributed by atoms with Gasteiger partial charge in [-0.3, -0.25) is 14.5 Å². The highest BCUT2D eigenvalue weighted by molar-refractivity contribution is 6.38. The smallest absolute Gasteiger partial charge is 0.409 e. The lowest BCUT2D eigenvalue weighted by Crippen LogP contribution is -2.50. The topological polar surface area (TPSA) is 117 Å². The molecule has 3 atom stereocenters. The number of amides is 4. The summed E-state index contributed by atoms with van der Waals surface area (Å²) in [6, 6.07) is 17.1. The van der Waals surface area contributed by atoms with Crippen molar-refractivity contribution in [3.05, 3.63) is 71.8 Å². The van der Waals surface area contributed by atoms with Crippen molar-refractivity contribution in [1.29, 1.82) is 0 Å². The minimum absolute atomic E-state index is 0.264. The Balaban J connectivity index is 1.61. The van der Waals surface area contributed by atoms with Crippen LogP contribution in [0.3, 0.4) is 0 Å². The maximum atomic E-state index is 13.0. The van der Waals surface area contributed by atoms with Crippen LogP contribution in [0.1, 0.15) is 70.5 Å². The molecule has 3 N–H and O–H groups in total. The van der Waals surface area contributed by atoms with Gasteiger partial charge in [-0.05, 0) is 29.9 Å². The molecule has 0 aromatic heterocycles. The van der Waals surface area contributed by atoms with Crippen LogP contribution < -0.4 is 16.0 Å². The van der Waals surface area contributed by atoms with E-state index in [4.69, 9.17) is 4.74 Å². The zero-order valence-corrected chi connectivity index (χ0v) is 23.2. The van der Waals surface area contributed by atoms with E-state index in [0.29, 0.717) is 32.4 Å². The van der Waals surface area contributed by atoms with Gasteiger partial charge in [0.1, 0.15) is 6.04 Å². The van der Waals surface area contributed by atoms with Gasteiger partial charge in [-0.2, -0.15) is 0 Å². The third-order valence-electron chi connectivity index (χ3n) is 6.79. The summed E-state index contributed by atoms with van der Waals surface area (Å²) in [7, 11) is 0. The molecule has 1 aliphatic heterocycles. The van der Waals surface area contributed by atoms with Crippen LogP contribution in [0.5, 0.6) is 0 Å². The number of benzene rings is 2. The molecule has 0 saturated carbocycles. The van der Waals surface area contributed by atoms with E-state index in [1.54, 1.807) is 6.92 Å². The molecule has 0 radical (unpaired) electrons. The van der Waals surface area contributed by atoms with E-state index in [1.807, 2.05) is 81.4 Å². The van der Waals surface area contributed by atoms with E-state index < -0.39 is 30.1 Å². The molecule has 1 fully saturated rings. The van der Waals surface area contributed by atoms with Crippen molar-refractivity contribution in [2.24, 2.45) is 5.41 Å². The highest BCUT2D eigenvalue weighted by atomic mass is 16.6. The molecule has 9 heteroatoms. The van der Waals surface area contributed by atoms with Gasteiger partial charge < -0.3 is 20.7 Å². The molecule has 1 unspecified atom stereocenters. The van der Waals surface area contributed by atoms with Crippen LogP contribution in [0.2, 0.25) is 0 Å². The molecule has 2 aromatic rings. The number of nitrogens with zero attached hydrogens (tertiary/aromatic N) is 1. The standard InChI is InChI=1S/C30H40N4O5/c1-5-6-17-24(26(35)27(36)32-21(2)23-15-11-8-12-16-23)33-29(38)39-25-18-30(3,4)20-34(25)28(37)31-19-22-13-9-7-10-14-22/h7-16,21,24-25H,5-6,17-20H2,1-4H3,(H,31,37)(H,32,36)(H,33,38)/t21-,24+,25?/m1/s1. The Labute approximate surface area is 230 Å². The normalized spacial score (nSPS) is 17.5. The van der Waals surface area contributed by atoms with E-state index in [9.17, 15) is 19.2 Å². The summed E-state index contributed by atoms with van der Waals surface area (Å²) in [5.41, 5.74) is 1.56. The van der Waals surface area contributed by atoms with E-state index in [0.717, 1.165) is 17.5 Å². The number of Topliss-reactive ketones (excluding diaryl/α,β-unsaturated/α-hetero) is 1. The average Bonchev–Trinajstić information content (AvgIpc) is 3.23. The van der Waals surface area contributed by atoms with E-state index in [1.165, 1.54) is 4.90 Å². The van der Waals surface area contributed by atoms with E-state index in [-0.39, 0.29) is 17.5 Å². The number of carbonyl (C=O) groups excluding carboxylic acids is 4. The maximum absolute atomic E-state index is 13.0. The van der Waals surface area contributed by atoms with Crippen LogP contribution in [0.15, 0.2) is 60.7 Å². The summed E-state index contributed by atoms with van der Waals surface area (Å²) in [4.78, 5) is 53.2. The van der Waals surface area contributed by atoms with Gasteiger partial charge in [0.2, 0.25) is 5.78 Å². The number of urea groups is 1. The fourth-order valence-corrected chi connectivity index (χ4v) is 4.62. The zero-order chi connectivity index (χ0) is 28.4. The lowest BCUT2D eigenvalue weighted by Gasteiger charge is -2.26. The van der Waals surface area contributed by atoms with Crippen molar-refractivity contribution >= 4 is 23.8 Å². The van der Waals surface area contributed by atoms with Gasteiger partial charge in [0.05, 0.1) is 6.04 Å². The van der Waals surface area contributed by atoms with Crippen LogP contribution in [-0.4, -0.2) is 47.5 Å². The molecule has 39 heavy (non-hydrogen) atoms. The molecule has 0 spiro atoms. The average molecular weight is 537 g/mol. The van der Waals surface area contributed by atoms with Crippen molar-refractivity contribution in [1.82, 2.24) is 20.9 Å². The number of nitrogens with one attached hydrogen (secondary N) is 3. The largest absolute Gasteiger partial charge is 0.425 e. The van der Waals surface area contributed by atoms with Crippen LogP contribution >= 0.6 is 0 Å². The molecule has 1 aliphatic rings. The highest BCUT2D eigenvalue weighted by Crippen LogP contribution is 2.34. The minimum Gasteiger partial charge on any atom is -0.425 e. The monoisotopic (exact) mass is 536 g/mol. The fourth-order valence-electron chi connectivity index (χ4n) is 4.62. The highest BCUT2D eigenvalue weighted by Gasteiger charge is 2.42. The zero-order valence-electron chi connectivity index (χ0n) is 23.2. The number of ether oxygens (including phenoxy) is 1. The third kappa shape index (κ3) is 8.84. The van der Waals surface area contributed by atoms with Crippen LogP contribution in [0, 0.1) is 5.41 Å². The van der Waals surface area contributed by atoms with Gasteiger partial charge in [0.25, 0.3) is 5.91 Å². The fraction of sp³-hybridized carbons (Fsp3) is 0.467. The lowest BCUT2D eigenvalue weighted by atomic mass is 9.93. The Morgan fingerprint density at radius 1 is 1.00 bits per heavy atom. The summed E-state index contributed by atoms with van der Waals surface area (Å²) in [5, 5.41) is 8.19. The third-order valence-corrected chi connectivity index (χ3v) is 6.79. The Hall–Kier alpha value is -3.88. The first-order chi connectivity index (χ1) is 18.6. The maximum Gasteiger partial charge on any atom is 0.409 e. The van der Waals surface area contributed by atoms with Crippen LogP contribution in [-0.2, 0) is 20.9 Å². The number of alkyl carbamates (subject to hydrolysis) is 1. The van der Waals surface area contributed by atoms with Crippen LogP contribution in [0.4, 0.5) is 9.59 Å². The number of hydrogen-bond donors (Lipinski definition) is 3. The number of unbranched alkanes of at least 4 members (excludes halogenated alkanes) is 1. The molecular formula is C30H40N4O5. The van der Waals surface area contributed by atoms with Gasteiger partial charge in [-0.1, -0.05) is 94.3 Å². The summed E-state index contributed by atoms with van der Waals surface area (Å²) in [5.74, 6) is -1.50. The first-order valence-electron chi connectivity index (χ1n) is 13.5. The lowest BCUT2D eigenvalue weighted by molar-refractivity contribution is -0.139. The Kier molecular flexibility index (Phi) is 10.5. The number of hydrogen-bond acceptors (Lipinski definition) is 5. The quantitative estimate of drug-likeness (QED) is 0.361. The summed E-state index contributed by atoms with van der Waals surface area (Å²) in [6.07, 6.45) is 0.537. The van der Waals surface area contributed by atoms with Crippen molar-refractivity contribution in [3.63, 3.8) is 0 Å². The Morgan fingerprint density at radius 2 is 1.64 bits per heavy atom. The number of likely N-dealkylation sites (tertiary alicyclic amines) is 1. The molecule has 0 aliphatic carbocycles. The van der Waals surface area contributed by atoms with Crippen LogP contribution in [0.25, 0.3) is 0 Å². The summed E-state index contributed by atoms with van der Waals surface area (Å²) >= 11 is 0. The predicted octanol–water partition coefficient (Wildman–Crippen LogP) is 4.69. The molecule has 3 rings (SSSR count). The minimum atomic E-state index is -1.03. The number of carbonyl (C=O) groups is 4. The predicted molar refractivity (Wildman–Crippen MR) is 149 cm³/mol. The molecule has 4 amide bonds. The molecule has 2 aromatic carbocycles. The second kappa shape index (κ2) is 13.8. The van der Waals surface area contributed by atoms with E-state index >= 15 is 0 Å². The first kappa shape index (κ1) is 29.7. The van der Waals surface area contributed by atoms with E-state index in [2.05, 4.69) is 16.0 Å². The molecular weight excluding hydrogens is 496 g/mol. The second-order valence-corrected chi connectivity index (χ2v) is 10.8. The molecule has 9 nitrogen and oxygen atoms in total. The Morgan fingerprint density at radius 3 is 2.28 bits per heavy atom. The van der Waals surface area contributed by atoms with Crippen molar-refractivity contribution in [2.45, 2.75) is 78.2 Å². The van der Waals surface area contributed by atoms with Crippen molar-refractivity contribution < 1.29 is 23.9 Å². The van der Waals surface area contributed by atoms with Gasteiger partial charge in [-0.15, -0.1) is 0 Å². The van der Waals surface area contributed by atoms with Gasteiger partial charge in [0, 0.05) is 19.5 Å². The number of rotatable bonds is 11. The SMILES string of the molecule is CCCC[C@H](NC(=O)OC1CC(C)(C)CN1C(=O)NCc1ccccc1)C(=O)C(=O)N[C@H](C)c1ccccc1. The van der Waals surface area contributed by atoms with Crippen molar-refractivity contribution in [3.8, 4) is 0 Å². The van der Waals surface area contributed by atoms with Gasteiger partial charge in [-0.25, -0.2) is 9.59 Å². The molecule has 0 bridgehead atoms.